The number of carbonyl (C=O) groups excluding carboxylic acids is 1. The Hall–Kier alpha value is -4.05. The van der Waals surface area contributed by atoms with Crippen molar-refractivity contribution < 1.29 is 9.32 Å². The molecule has 4 rings (SSSR count). The molecule has 2 aromatic carbocycles. The van der Waals surface area contributed by atoms with Gasteiger partial charge < -0.3 is 9.42 Å². The van der Waals surface area contributed by atoms with Gasteiger partial charge in [0.15, 0.2) is 5.69 Å². The SMILES string of the molecule is Cc1ccc(N(C)C(=O)CCc2nc(-c3nn(-c4ccc(Cl)cc4)c(=O)n(C)c3=O)no2)cc1C. The number of aromatic nitrogens is 5. The third-order valence-electron chi connectivity index (χ3n) is 5.73. The maximum absolute atomic E-state index is 12.7. The molecule has 0 N–H and O–H groups in total. The summed E-state index contributed by atoms with van der Waals surface area (Å²) < 4.78 is 7.22. The predicted molar refractivity (Wildman–Crippen MR) is 131 cm³/mol. The van der Waals surface area contributed by atoms with E-state index in [1.165, 1.54) is 7.05 Å². The molecule has 180 valence electrons. The fourth-order valence-electron chi connectivity index (χ4n) is 3.38. The minimum Gasteiger partial charge on any atom is -0.339 e. The van der Waals surface area contributed by atoms with Crippen LogP contribution < -0.4 is 16.1 Å². The van der Waals surface area contributed by atoms with Gasteiger partial charge in [-0.3, -0.25) is 14.2 Å². The summed E-state index contributed by atoms with van der Waals surface area (Å²) in [7, 11) is 3.05. The van der Waals surface area contributed by atoms with Gasteiger partial charge in [0.2, 0.25) is 17.6 Å². The highest BCUT2D eigenvalue weighted by Gasteiger charge is 2.20. The van der Waals surface area contributed by atoms with Crippen molar-refractivity contribution in [3.8, 4) is 17.2 Å². The molecule has 0 bridgehead atoms. The lowest BCUT2D eigenvalue weighted by atomic mass is 10.1. The number of halogens is 1. The molecular weight excluding hydrogens is 472 g/mol. The van der Waals surface area contributed by atoms with Crippen molar-refractivity contribution >= 4 is 23.2 Å². The number of nitrogens with zero attached hydrogens (tertiary/aromatic N) is 6. The Morgan fingerprint density at radius 2 is 1.80 bits per heavy atom. The molecule has 0 saturated carbocycles. The van der Waals surface area contributed by atoms with Crippen molar-refractivity contribution in [1.29, 1.82) is 0 Å². The minimum absolute atomic E-state index is 0.0710. The number of hydrogen-bond acceptors (Lipinski definition) is 7. The largest absolute Gasteiger partial charge is 0.351 e. The van der Waals surface area contributed by atoms with E-state index in [9.17, 15) is 14.4 Å². The molecule has 0 fully saturated rings. The Morgan fingerprint density at radius 1 is 1.09 bits per heavy atom. The minimum atomic E-state index is -0.668. The fourth-order valence-corrected chi connectivity index (χ4v) is 3.50. The van der Waals surface area contributed by atoms with E-state index in [0.717, 1.165) is 26.1 Å². The number of aryl methyl sites for hydroxylation is 3. The van der Waals surface area contributed by atoms with E-state index in [1.807, 2.05) is 32.0 Å². The zero-order valence-corrected chi connectivity index (χ0v) is 20.4. The average molecular weight is 495 g/mol. The third kappa shape index (κ3) is 4.92. The van der Waals surface area contributed by atoms with Crippen LogP contribution in [0.2, 0.25) is 5.02 Å². The van der Waals surface area contributed by atoms with Crippen molar-refractivity contribution in [2.75, 3.05) is 11.9 Å². The molecule has 0 aliphatic heterocycles. The van der Waals surface area contributed by atoms with Crippen LogP contribution in [0.3, 0.4) is 0 Å². The second kappa shape index (κ2) is 9.67. The number of hydrogen-bond donors (Lipinski definition) is 0. The summed E-state index contributed by atoms with van der Waals surface area (Å²) in [5, 5.41) is 8.50. The third-order valence-corrected chi connectivity index (χ3v) is 5.98. The van der Waals surface area contributed by atoms with Gasteiger partial charge in [0.05, 0.1) is 5.69 Å². The molecule has 0 spiro atoms. The van der Waals surface area contributed by atoms with Gasteiger partial charge in [0.1, 0.15) is 0 Å². The van der Waals surface area contributed by atoms with Crippen LogP contribution in [0.5, 0.6) is 0 Å². The van der Waals surface area contributed by atoms with Gasteiger partial charge in [-0.25, -0.2) is 4.79 Å². The van der Waals surface area contributed by atoms with E-state index in [0.29, 0.717) is 10.7 Å². The van der Waals surface area contributed by atoms with Gasteiger partial charge in [0.25, 0.3) is 5.56 Å². The first-order chi connectivity index (χ1) is 16.7. The number of amides is 1. The molecular formula is C24H23ClN6O4. The van der Waals surface area contributed by atoms with Crippen LogP contribution in [0.1, 0.15) is 23.4 Å². The maximum atomic E-state index is 12.7. The molecule has 11 heteroatoms. The van der Waals surface area contributed by atoms with Gasteiger partial charge in [-0.1, -0.05) is 22.8 Å². The van der Waals surface area contributed by atoms with Crippen LogP contribution in [-0.4, -0.2) is 37.4 Å². The van der Waals surface area contributed by atoms with E-state index < -0.39 is 11.2 Å². The molecule has 0 unspecified atom stereocenters. The first kappa shape index (κ1) is 24.1. The van der Waals surface area contributed by atoms with Crippen molar-refractivity contribution in [3.05, 3.63) is 85.3 Å². The maximum Gasteiger partial charge on any atom is 0.351 e. The average Bonchev–Trinajstić information content (AvgIpc) is 3.32. The molecule has 2 aromatic heterocycles. The summed E-state index contributed by atoms with van der Waals surface area (Å²) in [5.74, 6) is -0.0217. The summed E-state index contributed by atoms with van der Waals surface area (Å²) in [5.41, 5.74) is 1.99. The lowest BCUT2D eigenvalue weighted by Crippen LogP contribution is -2.40. The summed E-state index contributed by atoms with van der Waals surface area (Å²) in [4.78, 5) is 43.7. The lowest BCUT2D eigenvalue weighted by molar-refractivity contribution is -0.118. The van der Waals surface area contributed by atoms with Gasteiger partial charge in [-0.15, -0.1) is 0 Å². The summed E-state index contributed by atoms with van der Waals surface area (Å²) in [6.45, 7) is 4.00. The number of carbonyl (C=O) groups is 1. The zero-order chi connectivity index (χ0) is 25.3. The van der Waals surface area contributed by atoms with Crippen LogP contribution >= 0.6 is 11.6 Å². The molecule has 4 aromatic rings. The Balaban J connectivity index is 1.55. The van der Waals surface area contributed by atoms with Crippen molar-refractivity contribution in [3.63, 3.8) is 0 Å². The highest BCUT2D eigenvalue weighted by atomic mass is 35.5. The van der Waals surface area contributed by atoms with E-state index in [4.69, 9.17) is 16.1 Å². The molecule has 1 amide bonds. The number of rotatable bonds is 6. The van der Waals surface area contributed by atoms with Gasteiger partial charge in [-0.05, 0) is 61.4 Å². The van der Waals surface area contributed by atoms with Crippen LogP contribution in [0.25, 0.3) is 17.2 Å². The lowest BCUT2D eigenvalue weighted by Gasteiger charge is -2.18. The number of anilines is 1. The first-order valence-corrected chi connectivity index (χ1v) is 11.2. The van der Waals surface area contributed by atoms with Crippen LogP contribution in [0.15, 0.2) is 56.6 Å². The quantitative estimate of drug-likeness (QED) is 0.404. The molecule has 2 heterocycles. The number of benzene rings is 2. The van der Waals surface area contributed by atoms with E-state index in [1.54, 1.807) is 36.2 Å². The van der Waals surface area contributed by atoms with Gasteiger partial charge >= 0.3 is 5.69 Å². The fraction of sp³-hybridized carbons (Fsp3) is 0.250. The normalized spacial score (nSPS) is 11.0. The van der Waals surface area contributed by atoms with E-state index in [-0.39, 0.29) is 36.2 Å². The highest BCUT2D eigenvalue weighted by molar-refractivity contribution is 6.30. The Labute approximate surface area is 205 Å². The molecule has 0 saturated heterocycles. The second-order valence-electron chi connectivity index (χ2n) is 8.12. The van der Waals surface area contributed by atoms with Crippen LogP contribution in [0, 0.1) is 13.8 Å². The van der Waals surface area contributed by atoms with Crippen LogP contribution in [0.4, 0.5) is 5.69 Å². The molecule has 0 radical (unpaired) electrons. The molecule has 0 atom stereocenters. The second-order valence-corrected chi connectivity index (χ2v) is 8.55. The molecule has 10 nitrogen and oxygen atoms in total. The smallest absolute Gasteiger partial charge is 0.339 e. The van der Waals surface area contributed by atoms with Crippen molar-refractivity contribution in [2.45, 2.75) is 26.7 Å². The van der Waals surface area contributed by atoms with Crippen molar-refractivity contribution in [2.24, 2.45) is 7.05 Å². The standard InChI is InChI=1S/C24H23ClN6O4/c1-14-5-8-18(13-15(14)2)29(3)20(32)12-11-19-26-22(28-35-19)21-23(33)30(4)24(34)31(27-21)17-9-6-16(25)7-10-17/h5-10,13H,11-12H2,1-4H3. The predicted octanol–water partition coefficient (Wildman–Crippen LogP) is 2.85. The highest BCUT2D eigenvalue weighted by Crippen LogP contribution is 2.19. The molecule has 0 aliphatic rings. The van der Waals surface area contributed by atoms with Gasteiger partial charge in [-0.2, -0.15) is 14.8 Å². The molecule has 0 aliphatic carbocycles. The summed E-state index contributed by atoms with van der Waals surface area (Å²) in [6.07, 6.45) is 0.304. The summed E-state index contributed by atoms with van der Waals surface area (Å²) in [6, 6.07) is 12.2. The zero-order valence-electron chi connectivity index (χ0n) is 19.6. The summed E-state index contributed by atoms with van der Waals surface area (Å²) >= 11 is 5.92. The van der Waals surface area contributed by atoms with E-state index in [2.05, 4.69) is 15.2 Å². The van der Waals surface area contributed by atoms with Gasteiger partial charge in [0, 0.05) is 37.6 Å². The Kier molecular flexibility index (Phi) is 6.65. The van der Waals surface area contributed by atoms with Crippen LogP contribution in [-0.2, 0) is 18.3 Å². The van der Waals surface area contributed by atoms with Crippen molar-refractivity contribution in [1.82, 2.24) is 24.5 Å². The Bertz CT molecular complexity index is 1520. The Morgan fingerprint density at radius 3 is 2.49 bits per heavy atom. The topological polar surface area (TPSA) is 116 Å². The monoisotopic (exact) mass is 494 g/mol. The molecule has 35 heavy (non-hydrogen) atoms. The first-order valence-electron chi connectivity index (χ1n) is 10.8. The van der Waals surface area contributed by atoms with E-state index >= 15 is 0 Å².